The smallest absolute Gasteiger partial charge is 0.340 e. The first-order valence-corrected chi connectivity index (χ1v) is 10.8. The summed E-state index contributed by atoms with van der Waals surface area (Å²) in [6.45, 7) is 5.94. The van der Waals surface area contributed by atoms with Crippen molar-refractivity contribution in [1.82, 2.24) is 9.80 Å². The van der Waals surface area contributed by atoms with E-state index in [1.807, 2.05) is 0 Å². The third-order valence-electron chi connectivity index (χ3n) is 4.68. The number of carbonyl (C=O) groups excluding carboxylic acids is 2. The van der Waals surface area contributed by atoms with Gasteiger partial charge in [-0.2, -0.15) is 0 Å². The number of rotatable bonds is 7. The lowest BCUT2D eigenvalue weighted by molar-refractivity contribution is -0.132. The van der Waals surface area contributed by atoms with Crippen LogP contribution in [0.4, 0.5) is 5.69 Å². The second-order valence-electron chi connectivity index (χ2n) is 6.41. The topological polar surface area (TPSA) is 87.2 Å². The highest BCUT2D eigenvalue weighted by Gasteiger charge is 2.26. The summed E-state index contributed by atoms with van der Waals surface area (Å²) in [7, 11) is -2.44. The Morgan fingerprint density at radius 3 is 2.33 bits per heavy atom. The Morgan fingerprint density at radius 1 is 1.15 bits per heavy atom. The number of methoxy groups -OCH3 is 1. The molecule has 1 aromatic carbocycles. The number of anilines is 1. The van der Waals surface area contributed by atoms with Crippen LogP contribution >= 0.6 is 0 Å². The van der Waals surface area contributed by atoms with Crippen LogP contribution in [0.15, 0.2) is 24.3 Å². The first kappa shape index (κ1) is 21.2. The van der Waals surface area contributed by atoms with Gasteiger partial charge < -0.3 is 14.5 Å². The van der Waals surface area contributed by atoms with Gasteiger partial charge in [0, 0.05) is 39.1 Å². The average molecular weight is 397 g/mol. The standard InChI is InChI=1S/C18H27N3O5S/c1-4-19-11-13-20(14-12-19)17(22)9-10-21(27(3,24)25)16-8-6-5-7-15(16)18(23)26-2/h5-8H,4,9-14H2,1-3H3. The molecule has 150 valence electrons. The molecule has 0 bridgehead atoms. The van der Waals surface area contributed by atoms with Crippen molar-refractivity contribution in [3.8, 4) is 0 Å². The van der Waals surface area contributed by atoms with Crippen molar-refractivity contribution in [2.75, 3.05) is 56.9 Å². The lowest BCUT2D eigenvalue weighted by atomic mass is 10.1. The van der Waals surface area contributed by atoms with Gasteiger partial charge in [-0.25, -0.2) is 13.2 Å². The maximum absolute atomic E-state index is 12.5. The van der Waals surface area contributed by atoms with E-state index in [0.29, 0.717) is 13.1 Å². The fourth-order valence-corrected chi connectivity index (χ4v) is 4.05. The van der Waals surface area contributed by atoms with Gasteiger partial charge in [0.05, 0.1) is 24.6 Å². The van der Waals surface area contributed by atoms with Gasteiger partial charge in [-0.3, -0.25) is 9.10 Å². The van der Waals surface area contributed by atoms with Gasteiger partial charge in [0.2, 0.25) is 15.9 Å². The van der Waals surface area contributed by atoms with Gasteiger partial charge in [-0.1, -0.05) is 19.1 Å². The van der Waals surface area contributed by atoms with Crippen LogP contribution in [0.2, 0.25) is 0 Å². The molecule has 1 fully saturated rings. The van der Waals surface area contributed by atoms with Crippen LogP contribution < -0.4 is 4.31 Å². The predicted molar refractivity (Wildman–Crippen MR) is 103 cm³/mol. The van der Waals surface area contributed by atoms with E-state index in [2.05, 4.69) is 11.8 Å². The molecule has 2 rings (SSSR count). The summed E-state index contributed by atoms with van der Waals surface area (Å²) < 4.78 is 30.5. The van der Waals surface area contributed by atoms with Gasteiger partial charge in [-0.15, -0.1) is 0 Å². The Hall–Kier alpha value is -2.13. The number of likely N-dealkylation sites (N-methyl/N-ethyl adjacent to an activating group) is 1. The normalized spacial score (nSPS) is 15.4. The zero-order valence-electron chi connectivity index (χ0n) is 16.1. The van der Waals surface area contributed by atoms with Crippen molar-refractivity contribution in [3.63, 3.8) is 0 Å². The van der Waals surface area contributed by atoms with E-state index in [1.54, 1.807) is 17.0 Å². The van der Waals surface area contributed by atoms with E-state index < -0.39 is 16.0 Å². The molecule has 0 radical (unpaired) electrons. The molecular weight excluding hydrogens is 370 g/mol. The van der Waals surface area contributed by atoms with Crippen molar-refractivity contribution in [2.24, 2.45) is 0 Å². The van der Waals surface area contributed by atoms with Crippen molar-refractivity contribution >= 4 is 27.6 Å². The van der Waals surface area contributed by atoms with E-state index in [4.69, 9.17) is 4.74 Å². The molecule has 9 heteroatoms. The summed E-state index contributed by atoms with van der Waals surface area (Å²) in [5.74, 6) is -0.712. The van der Waals surface area contributed by atoms with Crippen LogP contribution in [0.5, 0.6) is 0 Å². The molecule has 0 unspecified atom stereocenters. The summed E-state index contributed by atoms with van der Waals surface area (Å²) in [4.78, 5) is 28.5. The fraction of sp³-hybridized carbons (Fsp3) is 0.556. The maximum atomic E-state index is 12.5. The molecule has 0 aliphatic carbocycles. The minimum Gasteiger partial charge on any atom is -0.465 e. The number of nitrogens with zero attached hydrogens (tertiary/aromatic N) is 3. The van der Waals surface area contributed by atoms with E-state index in [9.17, 15) is 18.0 Å². The quantitative estimate of drug-likeness (QED) is 0.633. The number of hydrogen-bond donors (Lipinski definition) is 0. The monoisotopic (exact) mass is 397 g/mol. The largest absolute Gasteiger partial charge is 0.465 e. The molecule has 0 atom stereocenters. The summed E-state index contributed by atoms with van der Waals surface area (Å²) in [5.41, 5.74) is 0.366. The maximum Gasteiger partial charge on any atom is 0.340 e. The predicted octanol–water partition coefficient (Wildman–Crippen LogP) is 0.793. The highest BCUT2D eigenvalue weighted by molar-refractivity contribution is 7.92. The second kappa shape index (κ2) is 9.18. The number of benzene rings is 1. The van der Waals surface area contributed by atoms with Crippen LogP contribution in [0, 0.1) is 0 Å². The van der Waals surface area contributed by atoms with Gasteiger partial charge in [-0.05, 0) is 18.7 Å². The molecule has 27 heavy (non-hydrogen) atoms. The van der Waals surface area contributed by atoms with Gasteiger partial charge >= 0.3 is 5.97 Å². The number of piperazine rings is 1. The number of carbonyl (C=O) groups is 2. The fourth-order valence-electron chi connectivity index (χ4n) is 3.11. The average Bonchev–Trinajstić information content (AvgIpc) is 2.66. The molecular formula is C18H27N3O5S. The van der Waals surface area contributed by atoms with Crippen molar-refractivity contribution in [2.45, 2.75) is 13.3 Å². The van der Waals surface area contributed by atoms with Gasteiger partial charge in [0.25, 0.3) is 0 Å². The molecule has 0 aromatic heterocycles. The molecule has 1 aliphatic heterocycles. The molecule has 0 spiro atoms. The number of esters is 1. The van der Waals surface area contributed by atoms with E-state index in [1.165, 1.54) is 19.2 Å². The summed E-state index contributed by atoms with van der Waals surface area (Å²) in [6.07, 6.45) is 1.11. The van der Waals surface area contributed by atoms with Crippen LogP contribution in [0.25, 0.3) is 0 Å². The summed E-state index contributed by atoms with van der Waals surface area (Å²) >= 11 is 0. The third kappa shape index (κ3) is 5.43. The minimum absolute atomic E-state index is 0.0281. The Morgan fingerprint density at radius 2 is 1.78 bits per heavy atom. The number of para-hydroxylation sites is 1. The van der Waals surface area contributed by atoms with Crippen molar-refractivity contribution < 1.29 is 22.7 Å². The molecule has 0 saturated carbocycles. The van der Waals surface area contributed by atoms with E-state index in [-0.39, 0.29) is 30.1 Å². The van der Waals surface area contributed by atoms with Gasteiger partial charge in [0.15, 0.2) is 0 Å². The molecule has 1 amide bonds. The Bertz CT molecular complexity index is 773. The second-order valence-corrected chi connectivity index (χ2v) is 8.32. The van der Waals surface area contributed by atoms with Crippen LogP contribution in [0.3, 0.4) is 0 Å². The molecule has 1 aromatic rings. The summed E-state index contributed by atoms with van der Waals surface area (Å²) in [6, 6.07) is 6.32. The van der Waals surface area contributed by atoms with E-state index >= 15 is 0 Å². The number of amides is 1. The summed E-state index contributed by atoms with van der Waals surface area (Å²) in [5, 5.41) is 0. The molecule has 1 aliphatic rings. The lowest BCUT2D eigenvalue weighted by Crippen LogP contribution is -2.49. The number of sulfonamides is 1. The lowest BCUT2D eigenvalue weighted by Gasteiger charge is -2.34. The Kier molecular flexibility index (Phi) is 7.20. The minimum atomic E-state index is -3.67. The van der Waals surface area contributed by atoms with Gasteiger partial charge in [0.1, 0.15) is 0 Å². The zero-order valence-corrected chi connectivity index (χ0v) is 16.9. The molecule has 1 heterocycles. The number of hydrogen-bond acceptors (Lipinski definition) is 6. The molecule has 1 saturated heterocycles. The SMILES string of the molecule is CCN1CCN(C(=O)CCN(c2ccccc2C(=O)OC)S(C)(=O)=O)CC1. The van der Waals surface area contributed by atoms with Crippen LogP contribution in [-0.4, -0.2) is 82.7 Å². The highest BCUT2D eigenvalue weighted by Crippen LogP contribution is 2.24. The Labute approximate surface area is 160 Å². The zero-order chi connectivity index (χ0) is 20.0. The molecule has 0 N–H and O–H groups in total. The third-order valence-corrected chi connectivity index (χ3v) is 5.86. The van der Waals surface area contributed by atoms with Crippen molar-refractivity contribution in [1.29, 1.82) is 0 Å². The highest BCUT2D eigenvalue weighted by atomic mass is 32.2. The van der Waals surface area contributed by atoms with Crippen molar-refractivity contribution in [3.05, 3.63) is 29.8 Å². The Balaban J connectivity index is 2.13. The van der Waals surface area contributed by atoms with E-state index in [0.717, 1.165) is 30.2 Å². The van der Waals surface area contributed by atoms with Crippen LogP contribution in [0.1, 0.15) is 23.7 Å². The first-order chi connectivity index (χ1) is 12.8. The first-order valence-electron chi connectivity index (χ1n) is 8.93. The molecule has 8 nitrogen and oxygen atoms in total. The van der Waals surface area contributed by atoms with Crippen LogP contribution in [-0.2, 0) is 19.6 Å². The number of ether oxygens (including phenoxy) is 1.